The molecular weight excluding hydrogens is 806 g/mol. The fourth-order valence-corrected chi connectivity index (χ4v) is 12.9. The van der Waals surface area contributed by atoms with Gasteiger partial charge in [0.2, 0.25) is 13.4 Å². The molecule has 0 N–H and O–H groups in total. The molecule has 2 unspecified atom stereocenters. The monoisotopic (exact) mass is 869 g/mol. The summed E-state index contributed by atoms with van der Waals surface area (Å²) in [7, 11) is 0. The van der Waals surface area contributed by atoms with Gasteiger partial charge in [0.25, 0.3) is 0 Å². The molecule has 2 aliphatic heterocycles. The van der Waals surface area contributed by atoms with Gasteiger partial charge >= 0.3 is 0 Å². The Hall–Kier alpha value is -6.64. The molecule has 7 aromatic carbocycles. The largest absolute Gasteiger partial charge is 0.323 e. The fraction of sp³-hybridized carbons (Fsp3) is 0.222. The van der Waals surface area contributed by atoms with Crippen molar-refractivity contribution < 1.29 is 0 Å². The van der Waals surface area contributed by atoms with E-state index in [1.807, 2.05) is 0 Å². The minimum absolute atomic E-state index is 0.00550. The maximum atomic E-state index is 5.54. The van der Waals surface area contributed by atoms with Gasteiger partial charge in [-0.3, -0.25) is 0 Å². The van der Waals surface area contributed by atoms with E-state index in [-0.39, 0.29) is 25.4 Å². The molecular formula is C63H62B2N2. The molecule has 10 rings (SSSR count). The molecule has 0 saturated heterocycles. The maximum Gasteiger partial charge on any atom is 0.242 e. The Kier molecular flexibility index (Phi) is 11.4. The van der Waals surface area contributed by atoms with Gasteiger partial charge in [-0.1, -0.05) is 227 Å². The second kappa shape index (κ2) is 17.2. The van der Waals surface area contributed by atoms with Gasteiger partial charge in [0.15, 0.2) is 0 Å². The van der Waals surface area contributed by atoms with Crippen molar-refractivity contribution in [1.82, 2.24) is 4.90 Å². The predicted octanol–water partition coefficient (Wildman–Crippen LogP) is 10.5. The van der Waals surface area contributed by atoms with Crippen LogP contribution < -0.4 is 32.8 Å². The van der Waals surface area contributed by atoms with E-state index in [4.69, 9.17) is 4.99 Å². The van der Waals surface area contributed by atoms with E-state index < -0.39 is 0 Å². The zero-order valence-corrected chi connectivity index (χ0v) is 41.6. The zero-order chi connectivity index (χ0) is 47.0. The van der Waals surface area contributed by atoms with Gasteiger partial charge in [-0.25, -0.2) is 4.99 Å². The second-order valence-corrected chi connectivity index (χ2v) is 20.3. The minimum Gasteiger partial charge on any atom is -0.323 e. The first-order chi connectivity index (χ1) is 32.2. The number of allylic oxidation sites excluding steroid dienone is 2. The topological polar surface area (TPSA) is 15.6 Å². The van der Waals surface area contributed by atoms with Crippen LogP contribution in [-0.2, 0) is 0 Å². The first-order valence-corrected chi connectivity index (χ1v) is 24.2. The Labute approximate surface area is 401 Å². The molecule has 0 saturated carbocycles. The quantitative estimate of drug-likeness (QED) is 0.139. The number of aliphatic imine (C=N–C) groups is 1. The van der Waals surface area contributed by atoms with Crippen molar-refractivity contribution in [3.8, 4) is 0 Å². The van der Waals surface area contributed by atoms with Crippen LogP contribution in [0.15, 0.2) is 156 Å². The van der Waals surface area contributed by atoms with E-state index in [2.05, 4.69) is 234 Å². The van der Waals surface area contributed by atoms with Crippen LogP contribution in [0, 0.1) is 83.1 Å². The lowest BCUT2D eigenvalue weighted by atomic mass is 9.34. The zero-order valence-electron chi connectivity index (χ0n) is 41.6. The van der Waals surface area contributed by atoms with Crippen LogP contribution in [0.4, 0.5) is 0 Å². The standard InChI is InChI=1S/C63H62B2N2/c1-37-29-41(5)58(42(6)30-37)64(59-43(7)31-38(2)32-44(59)8)51-24-20-49(21-25-51)56-53-17-13-14-18-54(53)57(63-62(56)66-55-19-15-16-28-67(55)63)50-22-26-52(27-23-50)65(60-45(9)33-39(3)34-46(60)10)61-47(11)35-40(4)36-48(61)12/h13-36,57,63H,1-12H3. The first-order valence-electron chi connectivity index (χ1n) is 24.2. The van der Waals surface area contributed by atoms with E-state index in [9.17, 15) is 0 Å². The average Bonchev–Trinajstić information content (AvgIpc) is 3.65. The highest BCUT2D eigenvalue weighted by molar-refractivity contribution is 6.97. The second-order valence-electron chi connectivity index (χ2n) is 20.3. The van der Waals surface area contributed by atoms with Crippen LogP contribution in [-0.4, -0.2) is 30.2 Å². The van der Waals surface area contributed by atoms with Gasteiger partial charge in [0.1, 0.15) is 5.84 Å². The number of hydrogen-bond acceptors (Lipinski definition) is 2. The molecule has 0 aromatic heterocycles. The Balaban J connectivity index is 1.11. The van der Waals surface area contributed by atoms with Crippen molar-refractivity contribution in [2.24, 2.45) is 4.99 Å². The van der Waals surface area contributed by atoms with Crippen LogP contribution in [0.25, 0.3) is 5.57 Å². The molecule has 1 aliphatic carbocycles. The summed E-state index contributed by atoms with van der Waals surface area (Å²) in [6.45, 7) is 27.4. The maximum absolute atomic E-state index is 5.54. The van der Waals surface area contributed by atoms with Gasteiger partial charge < -0.3 is 4.90 Å². The highest BCUT2D eigenvalue weighted by Gasteiger charge is 2.45. The first kappa shape index (κ1) is 44.2. The van der Waals surface area contributed by atoms with Crippen molar-refractivity contribution in [2.75, 3.05) is 0 Å². The Morgan fingerprint density at radius 2 is 0.851 bits per heavy atom. The van der Waals surface area contributed by atoms with Gasteiger partial charge in [-0.15, -0.1) is 0 Å². The van der Waals surface area contributed by atoms with Crippen LogP contribution >= 0.6 is 0 Å². The van der Waals surface area contributed by atoms with Crippen LogP contribution in [0.2, 0.25) is 0 Å². The third kappa shape index (κ3) is 7.69. The molecule has 0 bridgehead atoms. The number of hydrogen-bond donors (Lipinski definition) is 0. The van der Waals surface area contributed by atoms with Crippen molar-refractivity contribution in [3.05, 3.63) is 240 Å². The van der Waals surface area contributed by atoms with E-state index in [1.54, 1.807) is 0 Å². The molecule has 2 heterocycles. The Morgan fingerprint density at radius 1 is 0.448 bits per heavy atom. The number of rotatable bonds is 8. The lowest BCUT2D eigenvalue weighted by molar-refractivity contribution is 0.429. The number of benzene rings is 7. The minimum atomic E-state index is -0.00550. The summed E-state index contributed by atoms with van der Waals surface area (Å²) in [5.41, 5.74) is 31.7. The van der Waals surface area contributed by atoms with Crippen molar-refractivity contribution in [1.29, 1.82) is 0 Å². The molecule has 0 radical (unpaired) electrons. The highest BCUT2D eigenvalue weighted by atomic mass is 15.3. The summed E-state index contributed by atoms with van der Waals surface area (Å²) in [6, 6.07) is 47.2. The lowest BCUT2D eigenvalue weighted by Crippen LogP contribution is -2.55. The summed E-state index contributed by atoms with van der Waals surface area (Å²) in [4.78, 5) is 7.96. The van der Waals surface area contributed by atoms with Crippen molar-refractivity contribution >= 4 is 57.6 Å². The smallest absolute Gasteiger partial charge is 0.242 e. The summed E-state index contributed by atoms with van der Waals surface area (Å²) < 4.78 is 0. The number of amidine groups is 1. The molecule has 2 nitrogen and oxygen atoms in total. The normalized spacial score (nSPS) is 15.9. The molecule has 4 heteroatoms. The van der Waals surface area contributed by atoms with Gasteiger partial charge in [0, 0.05) is 17.7 Å². The number of fused-ring (bicyclic) bond motifs is 4. The number of nitrogens with zero attached hydrogens (tertiary/aromatic N) is 2. The Bertz CT molecular complexity index is 3060. The SMILES string of the molecule is Cc1cc(C)c(B(c2ccc(C3=C4N=C5C=CC=CN5C4C(c4ccc(B(c5c(C)cc(C)cc5C)c5c(C)cc(C)cc5C)cc4)c4ccccc43)cc2)c2c(C)cc(C)cc2C)c(C)c1. The number of aryl methyl sites for hydroxylation is 12. The van der Waals surface area contributed by atoms with Crippen LogP contribution in [0.1, 0.15) is 94.9 Å². The molecule has 330 valence electrons. The summed E-state index contributed by atoms with van der Waals surface area (Å²) in [6.07, 6.45) is 8.68. The van der Waals surface area contributed by atoms with Crippen LogP contribution in [0.3, 0.4) is 0 Å². The molecule has 3 aliphatic rings. The van der Waals surface area contributed by atoms with Crippen molar-refractivity contribution in [3.63, 3.8) is 0 Å². The molecule has 67 heavy (non-hydrogen) atoms. The lowest BCUT2D eigenvalue weighted by Gasteiger charge is -2.38. The summed E-state index contributed by atoms with van der Waals surface area (Å²) >= 11 is 0. The van der Waals surface area contributed by atoms with Gasteiger partial charge in [-0.05, 0) is 117 Å². The fourth-order valence-electron chi connectivity index (χ4n) is 12.9. The van der Waals surface area contributed by atoms with Gasteiger partial charge in [0.05, 0.1) is 11.7 Å². The summed E-state index contributed by atoms with van der Waals surface area (Å²) in [5.74, 6) is 1.06. The van der Waals surface area contributed by atoms with Crippen LogP contribution in [0.5, 0.6) is 0 Å². The molecule has 0 fully saturated rings. The van der Waals surface area contributed by atoms with E-state index in [0.717, 1.165) is 11.5 Å². The third-order valence-corrected chi connectivity index (χ3v) is 15.1. The molecule has 2 atom stereocenters. The molecule has 7 aromatic rings. The predicted molar refractivity (Wildman–Crippen MR) is 290 cm³/mol. The van der Waals surface area contributed by atoms with E-state index in [1.165, 1.54) is 127 Å². The Morgan fingerprint density at radius 3 is 1.28 bits per heavy atom. The highest BCUT2D eigenvalue weighted by Crippen LogP contribution is 2.49. The molecule has 0 amide bonds. The van der Waals surface area contributed by atoms with Crippen molar-refractivity contribution in [2.45, 2.75) is 95.0 Å². The average molecular weight is 869 g/mol. The van der Waals surface area contributed by atoms with E-state index >= 15 is 0 Å². The van der Waals surface area contributed by atoms with Gasteiger partial charge in [-0.2, -0.15) is 0 Å². The summed E-state index contributed by atoms with van der Waals surface area (Å²) in [5, 5.41) is 0. The third-order valence-electron chi connectivity index (χ3n) is 15.1. The molecule has 0 spiro atoms. The van der Waals surface area contributed by atoms with E-state index in [0.29, 0.717) is 0 Å².